The largest absolute Gasteiger partial charge is 0.446 e. The molecule has 0 aromatic carbocycles. The molecule has 2 aromatic rings. The number of nitrogens with zero attached hydrogens (tertiary/aromatic N) is 2. The summed E-state index contributed by atoms with van der Waals surface area (Å²) < 4.78 is 9.79. The van der Waals surface area contributed by atoms with Gasteiger partial charge >= 0.3 is 12.2 Å². The number of rotatable bonds is 5. The van der Waals surface area contributed by atoms with E-state index in [2.05, 4.69) is 20.6 Å². The van der Waals surface area contributed by atoms with Gasteiger partial charge in [-0.2, -0.15) is 0 Å². The van der Waals surface area contributed by atoms with Gasteiger partial charge in [0.25, 0.3) is 0 Å². The van der Waals surface area contributed by atoms with Gasteiger partial charge in [-0.15, -0.1) is 0 Å². The second kappa shape index (κ2) is 8.47. The zero-order valence-electron chi connectivity index (χ0n) is 13.4. The molecule has 0 saturated heterocycles. The highest BCUT2D eigenvalue weighted by atomic mass is 16.6. The van der Waals surface area contributed by atoms with Crippen molar-refractivity contribution in [3.63, 3.8) is 0 Å². The SMILES string of the molecule is Cc1cccc(NC(=O)OCCOC(=O)Nc2cccc(C)n2)n1. The van der Waals surface area contributed by atoms with Crippen molar-refractivity contribution in [1.29, 1.82) is 0 Å². The Labute approximate surface area is 139 Å². The molecule has 2 aromatic heterocycles. The molecule has 0 unspecified atom stereocenters. The number of carbonyl (C=O) groups excluding carboxylic acids is 2. The van der Waals surface area contributed by atoms with Crippen LogP contribution in [0.5, 0.6) is 0 Å². The topological polar surface area (TPSA) is 102 Å². The zero-order chi connectivity index (χ0) is 17.4. The van der Waals surface area contributed by atoms with Crippen LogP contribution < -0.4 is 10.6 Å². The maximum absolute atomic E-state index is 11.6. The molecule has 0 bridgehead atoms. The first-order chi connectivity index (χ1) is 11.5. The van der Waals surface area contributed by atoms with Gasteiger partial charge in [-0.3, -0.25) is 10.6 Å². The molecule has 8 nitrogen and oxygen atoms in total. The average Bonchev–Trinajstić information content (AvgIpc) is 2.51. The average molecular weight is 330 g/mol. The first kappa shape index (κ1) is 17.2. The summed E-state index contributed by atoms with van der Waals surface area (Å²) in [5, 5.41) is 4.96. The Hall–Kier alpha value is -3.16. The number of amides is 2. The molecule has 2 amide bonds. The van der Waals surface area contributed by atoms with Crippen molar-refractivity contribution in [2.24, 2.45) is 0 Å². The van der Waals surface area contributed by atoms with E-state index in [4.69, 9.17) is 9.47 Å². The smallest absolute Gasteiger partial charge is 0.412 e. The molecule has 0 aliphatic heterocycles. The van der Waals surface area contributed by atoms with Crippen LogP contribution in [-0.4, -0.2) is 35.4 Å². The lowest BCUT2D eigenvalue weighted by Crippen LogP contribution is -2.21. The molecule has 2 heterocycles. The molecular formula is C16H18N4O4. The highest BCUT2D eigenvalue weighted by molar-refractivity contribution is 5.84. The van der Waals surface area contributed by atoms with Crippen LogP contribution in [0.3, 0.4) is 0 Å². The van der Waals surface area contributed by atoms with Crippen molar-refractivity contribution in [3.05, 3.63) is 47.8 Å². The molecule has 2 rings (SSSR count). The molecule has 0 radical (unpaired) electrons. The van der Waals surface area contributed by atoms with Crippen LogP contribution in [0.2, 0.25) is 0 Å². The zero-order valence-corrected chi connectivity index (χ0v) is 13.4. The lowest BCUT2D eigenvalue weighted by atomic mass is 10.4. The standard InChI is InChI=1S/C16H18N4O4/c1-11-5-3-7-13(17-11)19-15(21)23-9-10-24-16(22)20-14-8-4-6-12(2)18-14/h3-8H,9-10H2,1-2H3,(H,17,19,21)(H,18,20,22). The predicted molar refractivity (Wildman–Crippen MR) is 87.9 cm³/mol. The minimum atomic E-state index is -0.669. The summed E-state index contributed by atoms with van der Waals surface area (Å²) in [4.78, 5) is 31.3. The van der Waals surface area contributed by atoms with Crippen LogP contribution in [0.25, 0.3) is 0 Å². The van der Waals surface area contributed by atoms with E-state index in [9.17, 15) is 9.59 Å². The Bertz CT molecular complexity index is 659. The fourth-order valence-corrected chi connectivity index (χ4v) is 1.78. The molecule has 24 heavy (non-hydrogen) atoms. The maximum Gasteiger partial charge on any atom is 0.412 e. The van der Waals surface area contributed by atoms with Gasteiger partial charge in [0.05, 0.1) is 0 Å². The van der Waals surface area contributed by atoms with E-state index < -0.39 is 12.2 Å². The van der Waals surface area contributed by atoms with E-state index in [1.165, 1.54) is 0 Å². The number of nitrogens with one attached hydrogen (secondary N) is 2. The second-order valence-electron chi connectivity index (χ2n) is 4.85. The van der Waals surface area contributed by atoms with Crippen LogP contribution in [0, 0.1) is 13.8 Å². The molecule has 0 atom stereocenters. The van der Waals surface area contributed by atoms with Crippen molar-refractivity contribution in [2.75, 3.05) is 23.8 Å². The second-order valence-corrected chi connectivity index (χ2v) is 4.85. The number of hydrogen-bond donors (Lipinski definition) is 2. The van der Waals surface area contributed by atoms with Gasteiger partial charge < -0.3 is 9.47 Å². The monoisotopic (exact) mass is 330 g/mol. The maximum atomic E-state index is 11.6. The highest BCUT2D eigenvalue weighted by Gasteiger charge is 2.07. The number of hydrogen-bond acceptors (Lipinski definition) is 6. The fourth-order valence-electron chi connectivity index (χ4n) is 1.78. The summed E-state index contributed by atoms with van der Waals surface area (Å²) in [6, 6.07) is 10.5. The third-order valence-corrected chi connectivity index (χ3v) is 2.79. The van der Waals surface area contributed by atoms with Gasteiger partial charge in [-0.1, -0.05) is 12.1 Å². The summed E-state index contributed by atoms with van der Waals surface area (Å²) in [7, 11) is 0. The minimum Gasteiger partial charge on any atom is -0.446 e. The summed E-state index contributed by atoms with van der Waals surface area (Å²) in [5.74, 6) is 0.786. The van der Waals surface area contributed by atoms with Crippen LogP contribution in [0.1, 0.15) is 11.4 Å². The van der Waals surface area contributed by atoms with Crippen LogP contribution in [0.4, 0.5) is 21.2 Å². The number of anilines is 2. The van der Waals surface area contributed by atoms with Gasteiger partial charge in [0.2, 0.25) is 0 Å². The van der Waals surface area contributed by atoms with Crippen molar-refractivity contribution >= 4 is 23.8 Å². The lowest BCUT2D eigenvalue weighted by Gasteiger charge is -2.08. The summed E-state index contributed by atoms with van der Waals surface area (Å²) in [6.45, 7) is 3.47. The van der Waals surface area contributed by atoms with Gasteiger partial charge in [-0.25, -0.2) is 19.6 Å². The molecule has 2 N–H and O–H groups in total. The number of carbonyl (C=O) groups is 2. The molecule has 0 spiro atoms. The van der Waals surface area contributed by atoms with Crippen molar-refractivity contribution in [1.82, 2.24) is 9.97 Å². The lowest BCUT2D eigenvalue weighted by molar-refractivity contribution is 0.110. The normalized spacial score (nSPS) is 9.92. The Morgan fingerprint density at radius 1 is 0.833 bits per heavy atom. The summed E-state index contributed by atoms with van der Waals surface area (Å²) >= 11 is 0. The third-order valence-electron chi connectivity index (χ3n) is 2.79. The quantitative estimate of drug-likeness (QED) is 0.817. The van der Waals surface area contributed by atoms with Crippen molar-refractivity contribution in [3.8, 4) is 0 Å². The molecule has 0 aliphatic carbocycles. The van der Waals surface area contributed by atoms with E-state index in [1.807, 2.05) is 26.0 Å². The highest BCUT2D eigenvalue weighted by Crippen LogP contribution is 2.05. The third kappa shape index (κ3) is 5.91. The fraction of sp³-hybridized carbons (Fsp3) is 0.250. The molecule has 0 fully saturated rings. The van der Waals surface area contributed by atoms with E-state index in [-0.39, 0.29) is 13.2 Å². The van der Waals surface area contributed by atoms with Crippen LogP contribution >= 0.6 is 0 Å². The molecule has 0 saturated carbocycles. The number of aryl methyl sites for hydroxylation is 2. The van der Waals surface area contributed by atoms with E-state index in [0.717, 1.165) is 11.4 Å². The molecule has 126 valence electrons. The van der Waals surface area contributed by atoms with Gasteiger partial charge in [0, 0.05) is 11.4 Å². The van der Waals surface area contributed by atoms with Gasteiger partial charge in [-0.05, 0) is 38.1 Å². The van der Waals surface area contributed by atoms with E-state index in [0.29, 0.717) is 11.6 Å². The molecule has 8 heteroatoms. The van der Waals surface area contributed by atoms with Crippen molar-refractivity contribution in [2.45, 2.75) is 13.8 Å². The number of aromatic nitrogens is 2. The summed E-state index contributed by atoms with van der Waals surface area (Å²) in [5.41, 5.74) is 1.55. The van der Waals surface area contributed by atoms with E-state index in [1.54, 1.807) is 24.3 Å². The number of pyridine rings is 2. The number of ether oxygens (including phenoxy) is 2. The first-order valence-corrected chi connectivity index (χ1v) is 7.28. The van der Waals surface area contributed by atoms with Crippen LogP contribution in [0.15, 0.2) is 36.4 Å². The Kier molecular flexibility index (Phi) is 6.07. The Morgan fingerprint density at radius 3 is 1.62 bits per heavy atom. The molecular weight excluding hydrogens is 312 g/mol. The van der Waals surface area contributed by atoms with Crippen LogP contribution in [-0.2, 0) is 9.47 Å². The van der Waals surface area contributed by atoms with Gasteiger partial charge in [0.1, 0.15) is 24.8 Å². The molecule has 0 aliphatic rings. The van der Waals surface area contributed by atoms with Crippen molar-refractivity contribution < 1.29 is 19.1 Å². The predicted octanol–water partition coefficient (Wildman–Crippen LogP) is 2.89. The Morgan fingerprint density at radius 2 is 1.25 bits per heavy atom. The van der Waals surface area contributed by atoms with E-state index >= 15 is 0 Å². The van der Waals surface area contributed by atoms with Gasteiger partial charge in [0.15, 0.2) is 0 Å². The Balaban J connectivity index is 1.65. The first-order valence-electron chi connectivity index (χ1n) is 7.28. The summed E-state index contributed by atoms with van der Waals surface area (Å²) in [6.07, 6.45) is -1.34. The minimum absolute atomic E-state index is 0.0771.